The van der Waals surface area contributed by atoms with Gasteiger partial charge in [0.25, 0.3) is 5.56 Å². The molecule has 0 atom stereocenters. The fraction of sp³-hybridized carbons (Fsp3) is 0.150. The number of H-pyrrole nitrogens is 2. The van der Waals surface area contributed by atoms with Crippen molar-refractivity contribution in [1.29, 1.82) is 0 Å². The van der Waals surface area contributed by atoms with Crippen LogP contribution in [0.1, 0.15) is 17.0 Å². The van der Waals surface area contributed by atoms with E-state index in [-0.39, 0.29) is 5.56 Å². The van der Waals surface area contributed by atoms with Crippen molar-refractivity contribution in [1.82, 2.24) is 25.1 Å². The summed E-state index contributed by atoms with van der Waals surface area (Å²) >= 11 is 1.51. The van der Waals surface area contributed by atoms with Crippen LogP contribution >= 0.6 is 11.3 Å². The zero-order valence-corrected chi connectivity index (χ0v) is 16.5. The zero-order chi connectivity index (χ0) is 20.4. The van der Waals surface area contributed by atoms with Gasteiger partial charge < -0.3 is 9.72 Å². The van der Waals surface area contributed by atoms with Crippen molar-refractivity contribution in [2.24, 2.45) is 0 Å². The van der Waals surface area contributed by atoms with Gasteiger partial charge in [-0.1, -0.05) is 12.1 Å². The average molecular weight is 407 g/mol. The van der Waals surface area contributed by atoms with Crippen LogP contribution in [-0.2, 0) is 6.42 Å². The number of benzene rings is 1. The van der Waals surface area contributed by atoms with Crippen molar-refractivity contribution in [3.63, 3.8) is 0 Å². The largest absolute Gasteiger partial charge is 0.497 e. The number of nitrogens with one attached hydrogen (secondary N) is 2. The Morgan fingerprint density at radius 1 is 1.10 bits per heavy atom. The van der Waals surface area contributed by atoms with Crippen molar-refractivity contribution in [3.05, 3.63) is 79.7 Å². The van der Waals surface area contributed by atoms with E-state index < -0.39 is 11.2 Å². The molecule has 3 heterocycles. The highest BCUT2D eigenvalue weighted by Crippen LogP contribution is 2.29. The Kier molecular flexibility index (Phi) is 5.05. The van der Waals surface area contributed by atoms with Gasteiger partial charge in [-0.3, -0.25) is 9.78 Å². The molecule has 2 N–H and O–H groups in total. The van der Waals surface area contributed by atoms with Gasteiger partial charge in [-0.2, -0.15) is 5.10 Å². The third-order valence-electron chi connectivity index (χ3n) is 4.40. The van der Waals surface area contributed by atoms with Gasteiger partial charge >= 0.3 is 5.69 Å². The van der Waals surface area contributed by atoms with E-state index in [1.807, 2.05) is 36.6 Å². The molecule has 8 nitrogen and oxygen atoms in total. The first-order chi connectivity index (χ1) is 14.0. The summed E-state index contributed by atoms with van der Waals surface area (Å²) in [5.41, 5.74) is 3.11. The summed E-state index contributed by atoms with van der Waals surface area (Å²) in [6.45, 7) is 1.84. The van der Waals surface area contributed by atoms with E-state index in [0.717, 1.165) is 27.6 Å². The number of aromatic nitrogens is 5. The molecule has 1 aromatic carbocycles. The van der Waals surface area contributed by atoms with Crippen LogP contribution in [0.5, 0.6) is 5.75 Å². The molecule has 0 saturated heterocycles. The van der Waals surface area contributed by atoms with Gasteiger partial charge in [0.2, 0.25) is 0 Å². The van der Waals surface area contributed by atoms with Crippen LogP contribution in [-0.4, -0.2) is 32.3 Å². The second-order valence-corrected chi connectivity index (χ2v) is 7.24. The number of aromatic amines is 2. The molecule has 3 aromatic heterocycles. The molecule has 4 aromatic rings. The third kappa shape index (κ3) is 3.99. The molecule has 0 amide bonds. The molecular formula is C20H17N5O3S. The highest BCUT2D eigenvalue weighted by atomic mass is 32.1. The quantitative estimate of drug-likeness (QED) is 0.526. The maximum Gasteiger partial charge on any atom is 0.325 e. The fourth-order valence-corrected chi connectivity index (χ4v) is 3.75. The summed E-state index contributed by atoms with van der Waals surface area (Å²) in [5.74, 6) is 0.816. The van der Waals surface area contributed by atoms with Crippen molar-refractivity contribution in [2.75, 3.05) is 7.11 Å². The standard InChI is InChI=1S/C20H17N5O3S/c1-11-15(8-17(25-24-11)16-9-21-20(27)23-18(16)26)19-22-13(10-29-19)7-12-3-5-14(28-2)6-4-12/h3-6,8-10H,7H2,1-2H3,(H2,21,23,26,27). The first-order valence-electron chi connectivity index (χ1n) is 8.78. The molecule has 0 aliphatic carbocycles. The van der Waals surface area contributed by atoms with Gasteiger partial charge in [0.1, 0.15) is 16.5 Å². The van der Waals surface area contributed by atoms with Crippen LogP contribution < -0.4 is 16.0 Å². The van der Waals surface area contributed by atoms with E-state index in [9.17, 15) is 9.59 Å². The minimum atomic E-state index is -0.567. The van der Waals surface area contributed by atoms with Crippen LogP contribution in [0, 0.1) is 6.92 Å². The van der Waals surface area contributed by atoms with Gasteiger partial charge in [-0.05, 0) is 30.7 Å². The Balaban J connectivity index is 1.64. The summed E-state index contributed by atoms with van der Waals surface area (Å²) in [6.07, 6.45) is 2.03. The lowest BCUT2D eigenvalue weighted by Crippen LogP contribution is -2.22. The van der Waals surface area contributed by atoms with E-state index in [2.05, 4.69) is 20.2 Å². The Bertz CT molecular complexity index is 1270. The Labute approximate surface area is 169 Å². The topological polar surface area (TPSA) is 114 Å². The number of aryl methyl sites for hydroxylation is 1. The zero-order valence-electron chi connectivity index (χ0n) is 15.7. The Hall–Kier alpha value is -3.59. The molecule has 0 fully saturated rings. The number of nitrogens with zero attached hydrogens (tertiary/aromatic N) is 3. The monoisotopic (exact) mass is 407 g/mol. The van der Waals surface area contributed by atoms with Gasteiger partial charge in [0.05, 0.1) is 24.1 Å². The van der Waals surface area contributed by atoms with Crippen molar-refractivity contribution >= 4 is 11.3 Å². The number of hydrogen-bond acceptors (Lipinski definition) is 7. The molecule has 0 radical (unpaired) electrons. The molecule has 0 aliphatic rings. The number of ether oxygens (including phenoxy) is 1. The normalized spacial score (nSPS) is 10.8. The number of thiazole rings is 1. The first-order valence-corrected chi connectivity index (χ1v) is 9.66. The first kappa shape index (κ1) is 18.8. The van der Waals surface area contributed by atoms with Crippen molar-refractivity contribution < 1.29 is 4.74 Å². The highest BCUT2D eigenvalue weighted by molar-refractivity contribution is 7.13. The van der Waals surface area contributed by atoms with E-state index in [1.165, 1.54) is 17.5 Å². The highest BCUT2D eigenvalue weighted by Gasteiger charge is 2.14. The molecule has 0 saturated carbocycles. The van der Waals surface area contributed by atoms with Crippen LogP contribution in [0.2, 0.25) is 0 Å². The van der Waals surface area contributed by atoms with E-state index in [0.29, 0.717) is 17.8 Å². The van der Waals surface area contributed by atoms with Crippen LogP contribution in [0.3, 0.4) is 0 Å². The molecular weight excluding hydrogens is 390 g/mol. The van der Waals surface area contributed by atoms with E-state index >= 15 is 0 Å². The Morgan fingerprint density at radius 2 is 1.90 bits per heavy atom. The van der Waals surface area contributed by atoms with Crippen molar-refractivity contribution in [2.45, 2.75) is 13.3 Å². The molecule has 4 rings (SSSR count). The second kappa shape index (κ2) is 7.80. The summed E-state index contributed by atoms with van der Waals surface area (Å²) < 4.78 is 5.19. The molecule has 9 heteroatoms. The maximum absolute atomic E-state index is 12.1. The van der Waals surface area contributed by atoms with E-state index in [4.69, 9.17) is 9.72 Å². The van der Waals surface area contributed by atoms with Crippen LogP contribution in [0.25, 0.3) is 21.8 Å². The van der Waals surface area contributed by atoms with Gasteiger partial charge in [0.15, 0.2) is 0 Å². The van der Waals surface area contributed by atoms with Gasteiger partial charge in [-0.15, -0.1) is 16.4 Å². The SMILES string of the molecule is COc1ccc(Cc2csc(-c3cc(-c4c[nH]c(=O)[nH]c4=O)nnc3C)n2)cc1. The maximum atomic E-state index is 12.1. The predicted octanol–water partition coefficient (Wildman–Crippen LogP) is 2.55. The minimum absolute atomic E-state index is 0.244. The molecule has 0 spiro atoms. The van der Waals surface area contributed by atoms with E-state index in [1.54, 1.807) is 13.2 Å². The summed E-state index contributed by atoms with van der Waals surface area (Å²) in [6, 6.07) is 9.64. The average Bonchev–Trinajstić information content (AvgIpc) is 3.17. The van der Waals surface area contributed by atoms with Crippen LogP contribution in [0.4, 0.5) is 0 Å². The molecule has 0 bridgehead atoms. The lowest BCUT2D eigenvalue weighted by molar-refractivity contribution is 0.414. The summed E-state index contributed by atoms with van der Waals surface area (Å²) in [4.78, 5) is 32.7. The predicted molar refractivity (Wildman–Crippen MR) is 110 cm³/mol. The second-order valence-electron chi connectivity index (χ2n) is 6.38. The third-order valence-corrected chi connectivity index (χ3v) is 5.32. The molecule has 146 valence electrons. The Morgan fingerprint density at radius 3 is 2.62 bits per heavy atom. The lowest BCUT2D eigenvalue weighted by atomic mass is 10.1. The summed E-state index contributed by atoms with van der Waals surface area (Å²) in [7, 11) is 1.64. The van der Waals surface area contributed by atoms with Crippen LogP contribution in [0.15, 0.2) is 51.5 Å². The molecule has 29 heavy (non-hydrogen) atoms. The number of rotatable bonds is 5. The van der Waals surface area contributed by atoms with Gasteiger partial charge in [-0.25, -0.2) is 9.78 Å². The van der Waals surface area contributed by atoms with Crippen molar-refractivity contribution in [3.8, 4) is 27.6 Å². The van der Waals surface area contributed by atoms with Gasteiger partial charge in [0, 0.05) is 23.6 Å². The molecule has 0 unspecified atom stereocenters. The number of methoxy groups -OCH3 is 1. The fourth-order valence-electron chi connectivity index (χ4n) is 2.87. The molecule has 0 aliphatic heterocycles. The minimum Gasteiger partial charge on any atom is -0.497 e. The lowest BCUT2D eigenvalue weighted by Gasteiger charge is -2.04. The summed E-state index contributed by atoms with van der Waals surface area (Å²) in [5, 5.41) is 11.1. The smallest absolute Gasteiger partial charge is 0.325 e. The number of hydrogen-bond donors (Lipinski definition) is 2.